The third-order valence-corrected chi connectivity index (χ3v) is 12.3. The van der Waals surface area contributed by atoms with Crippen LogP contribution in [0.2, 0.25) is 0 Å². The Balaban J connectivity index is 1.20. The fraction of sp³-hybridized carbons (Fsp3) is 0.0577. The van der Waals surface area contributed by atoms with Crippen molar-refractivity contribution in [3.05, 3.63) is 169 Å². The van der Waals surface area contributed by atoms with Crippen LogP contribution >= 0.6 is 0 Å². The number of nitrogens with zero attached hydrogens (tertiary/aromatic N) is 5. The lowest BCUT2D eigenvalue weighted by Gasteiger charge is -2.16. The van der Waals surface area contributed by atoms with Crippen molar-refractivity contribution in [2.75, 3.05) is 0 Å². The van der Waals surface area contributed by atoms with Crippen molar-refractivity contribution in [2.24, 2.45) is 5.92 Å². The molecule has 0 bridgehead atoms. The van der Waals surface area contributed by atoms with E-state index in [1.54, 1.807) is 0 Å². The van der Waals surface area contributed by atoms with Gasteiger partial charge in [0.05, 0.1) is 27.9 Å². The van der Waals surface area contributed by atoms with Crippen molar-refractivity contribution in [1.29, 1.82) is 0 Å². The Morgan fingerprint density at radius 3 is 1.90 bits per heavy atom. The fourth-order valence-corrected chi connectivity index (χ4v) is 9.76. The number of fused-ring (bicyclic) bond motifs is 10. The summed E-state index contributed by atoms with van der Waals surface area (Å²) in [5.41, 5.74) is 10.4. The highest BCUT2D eigenvalue weighted by Gasteiger charge is 2.28. The van der Waals surface area contributed by atoms with Crippen LogP contribution < -0.4 is 0 Å². The summed E-state index contributed by atoms with van der Waals surface area (Å²) in [7, 11) is 0. The molecule has 6 nitrogen and oxygen atoms in total. The first kappa shape index (κ1) is 31.6. The molecule has 1 aliphatic rings. The first-order valence-electron chi connectivity index (χ1n) is 19.9. The average Bonchev–Trinajstić information content (AvgIpc) is 3.94. The molecule has 0 N–H and O–H groups in total. The molecule has 0 spiro atoms. The number of benzene rings is 8. The Hall–Kier alpha value is -7.57. The average molecular weight is 744 g/mol. The van der Waals surface area contributed by atoms with Gasteiger partial charge in [-0.3, -0.25) is 4.57 Å². The van der Waals surface area contributed by atoms with E-state index in [0.717, 1.165) is 62.0 Å². The molecule has 0 radical (unpaired) electrons. The van der Waals surface area contributed by atoms with E-state index >= 15 is 0 Å². The molecule has 0 amide bonds. The molecule has 6 heteroatoms. The number of hydrogen-bond donors (Lipinski definition) is 0. The summed E-state index contributed by atoms with van der Waals surface area (Å²) in [6, 6.07) is 53.6. The Morgan fingerprint density at radius 2 is 1.14 bits per heavy atom. The summed E-state index contributed by atoms with van der Waals surface area (Å²) >= 11 is 0. The van der Waals surface area contributed by atoms with Gasteiger partial charge in [0, 0.05) is 44.1 Å². The van der Waals surface area contributed by atoms with Crippen molar-refractivity contribution >= 4 is 82.3 Å². The van der Waals surface area contributed by atoms with Gasteiger partial charge in [-0.25, -0.2) is 4.98 Å². The van der Waals surface area contributed by atoms with Crippen LogP contribution in [0, 0.1) is 5.92 Å². The predicted molar refractivity (Wildman–Crippen MR) is 237 cm³/mol. The second kappa shape index (κ2) is 11.7. The van der Waals surface area contributed by atoms with Crippen molar-refractivity contribution < 1.29 is 4.42 Å². The van der Waals surface area contributed by atoms with Crippen LogP contribution in [0.3, 0.4) is 0 Å². The molecule has 13 rings (SSSR count). The van der Waals surface area contributed by atoms with Crippen molar-refractivity contribution in [3.63, 3.8) is 0 Å². The highest BCUT2D eigenvalue weighted by Crippen LogP contribution is 2.46. The SMILES string of the molecule is CC1C=Cc2c(c3ccc4c5ccccc5n(-c5cc6oc7cccc8c9ccccc9c(c5)c6c78)c4c3n2-c2nc(-c3ccccc3)nc(-c3ccccc3)n2)C1. The van der Waals surface area contributed by atoms with Crippen LogP contribution in [0.4, 0.5) is 0 Å². The lowest BCUT2D eigenvalue weighted by molar-refractivity contribution is 0.669. The topological polar surface area (TPSA) is 61.7 Å². The third-order valence-electron chi connectivity index (χ3n) is 12.3. The lowest BCUT2D eigenvalue weighted by atomic mass is 9.93. The first-order chi connectivity index (χ1) is 28.7. The largest absolute Gasteiger partial charge is 0.456 e. The van der Waals surface area contributed by atoms with E-state index in [-0.39, 0.29) is 0 Å². The molecule has 1 atom stereocenters. The zero-order chi connectivity index (χ0) is 38.1. The summed E-state index contributed by atoms with van der Waals surface area (Å²) < 4.78 is 11.5. The molecule has 0 saturated carbocycles. The van der Waals surface area contributed by atoms with E-state index in [4.69, 9.17) is 19.4 Å². The second-order valence-corrected chi connectivity index (χ2v) is 15.7. The van der Waals surface area contributed by atoms with Crippen LogP contribution in [0.5, 0.6) is 0 Å². The number of aromatic nitrogens is 5. The smallest absolute Gasteiger partial charge is 0.238 e. The molecule has 0 saturated heterocycles. The molecule has 4 aromatic heterocycles. The van der Waals surface area contributed by atoms with E-state index in [1.807, 2.05) is 36.4 Å². The number of rotatable bonds is 4. The Morgan fingerprint density at radius 1 is 0.517 bits per heavy atom. The van der Waals surface area contributed by atoms with Crippen LogP contribution in [-0.4, -0.2) is 24.1 Å². The molecular formula is C52H33N5O. The maximum atomic E-state index is 6.76. The molecule has 12 aromatic rings. The molecule has 0 fully saturated rings. The molecule has 4 heterocycles. The van der Waals surface area contributed by atoms with E-state index in [1.165, 1.54) is 48.7 Å². The Bertz CT molecular complexity index is 3610. The van der Waals surface area contributed by atoms with Crippen LogP contribution in [-0.2, 0) is 6.42 Å². The number of furan rings is 1. The maximum Gasteiger partial charge on any atom is 0.238 e. The van der Waals surface area contributed by atoms with Crippen molar-refractivity contribution in [3.8, 4) is 34.4 Å². The highest BCUT2D eigenvalue weighted by molar-refractivity contribution is 6.33. The maximum absolute atomic E-state index is 6.76. The molecule has 8 aromatic carbocycles. The highest BCUT2D eigenvalue weighted by atomic mass is 16.3. The monoisotopic (exact) mass is 743 g/mol. The van der Waals surface area contributed by atoms with Crippen molar-refractivity contribution in [2.45, 2.75) is 13.3 Å². The predicted octanol–water partition coefficient (Wildman–Crippen LogP) is 13.1. The van der Waals surface area contributed by atoms with Gasteiger partial charge in [-0.2, -0.15) is 9.97 Å². The molecule has 272 valence electrons. The van der Waals surface area contributed by atoms with Gasteiger partial charge >= 0.3 is 0 Å². The number of allylic oxidation sites excluding steroid dienone is 1. The van der Waals surface area contributed by atoms with Crippen LogP contribution in [0.15, 0.2) is 162 Å². The van der Waals surface area contributed by atoms with Gasteiger partial charge in [0.2, 0.25) is 5.95 Å². The second-order valence-electron chi connectivity index (χ2n) is 15.7. The molecular weight excluding hydrogens is 711 g/mol. The number of hydrogen-bond acceptors (Lipinski definition) is 4. The summed E-state index contributed by atoms with van der Waals surface area (Å²) in [6.07, 6.45) is 5.50. The Labute approximate surface area is 332 Å². The summed E-state index contributed by atoms with van der Waals surface area (Å²) in [4.78, 5) is 15.7. The van der Waals surface area contributed by atoms with Gasteiger partial charge in [-0.05, 0) is 63.7 Å². The van der Waals surface area contributed by atoms with E-state index < -0.39 is 0 Å². The Kier molecular flexibility index (Phi) is 6.39. The standard InChI is InChI=1S/C52H33N5O/c1-30-23-26-43-40(27-30)39-25-24-38-36-19-10-11-21-42(36)56(33-28-41-35-18-9-8-17-34(35)37-20-12-22-44-46(37)47(41)45(29-33)58-44)48(38)49(39)57(43)52-54-50(31-13-4-2-5-14-31)53-51(55-52)32-15-6-3-7-16-32/h2-26,28-30H,27H2,1H3. The lowest BCUT2D eigenvalue weighted by Crippen LogP contribution is -2.10. The minimum absolute atomic E-state index is 0.389. The molecule has 0 aliphatic heterocycles. The normalized spacial score (nSPS) is 14.3. The van der Waals surface area contributed by atoms with Gasteiger partial charge in [-0.15, -0.1) is 0 Å². The first-order valence-corrected chi connectivity index (χ1v) is 19.9. The van der Waals surface area contributed by atoms with E-state index in [0.29, 0.717) is 23.5 Å². The van der Waals surface area contributed by atoms with Crippen molar-refractivity contribution in [1.82, 2.24) is 24.1 Å². The van der Waals surface area contributed by atoms with Gasteiger partial charge in [0.25, 0.3) is 0 Å². The van der Waals surface area contributed by atoms with Gasteiger partial charge < -0.3 is 8.98 Å². The third kappa shape index (κ3) is 4.34. The molecule has 1 aliphatic carbocycles. The summed E-state index contributed by atoms with van der Waals surface area (Å²) in [5.74, 6) is 2.24. The minimum atomic E-state index is 0.389. The van der Waals surface area contributed by atoms with Gasteiger partial charge in [0.15, 0.2) is 11.6 Å². The zero-order valence-corrected chi connectivity index (χ0v) is 31.5. The van der Waals surface area contributed by atoms with E-state index in [2.05, 4.69) is 143 Å². The fourth-order valence-electron chi connectivity index (χ4n) is 9.76. The minimum Gasteiger partial charge on any atom is -0.456 e. The quantitative estimate of drug-likeness (QED) is 0.168. The molecule has 1 unspecified atom stereocenters. The van der Waals surface area contributed by atoms with Gasteiger partial charge in [-0.1, -0.05) is 140 Å². The number of para-hydroxylation sites is 1. The molecule has 58 heavy (non-hydrogen) atoms. The van der Waals surface area contributed by atoms with Gasteiger partial charge in [0.1, 0.15) is 11.2 Å². The van der Waals surface area contributed by atoms with Crippen LogP contribution in [0.1, 0.15) is 18.2 Å². The summed E-state index contributed by atoms with van der Waals surface area (Å²) in [5, 5.41) is 10.7. The zero-order valence-electron chi connectivity index (χ0n) is 31.5. The summed E-state index contributed by atoms with van der Waals surface area (Å²) in [6.45, 7) is 2.29. The van der Waals surface area contributed by atoms with E-state index in [9.17, 15) is 0 Å². The van der Waals surface area contributed by atoms with Crippen LogP contribution in [0.25, 0.3) is 117 Å².